The van der Waals surface area contributed by atoms with E-state index in [1.807, 2.05) is 0 Å². The summed E-state index contributed by atoms with van der Waals surface area (Å²) in [4.78, 5) is 38.8. The second kappa shape index (κ2) is 10.8. The van der Waals surface area contributed by atoms with Gasteiger partial charge in [0.15, 0.2) is 11.5 Å². The predicted molar refractivity (Wildman–Crippen MR) is 129 cm³/mol. The summed E-state index contributed by atoms with van der Waals surface area (Å²) in [5.41, 5.74) is 5.52. The molecule has 4 N–H and O–H groups in total. The molecule has 0 bridgehead atoms. The summed E-state index contributed by atoms with van der Waals surface area (Å²) >= 11 is 7.13. The number of urea groups is 1. The second-order valence-electron chi connectivity index (χ2n) is 7.58. The van der Waals surface area contributed by atoms with Crippen LogP contribution in [0.4, 0.5) is 14.9 Å². The minimum Gasteiger partial charge on any atom is -0.483 e. The summed E-state index contributed by atoms with van der Waals surface area (Å²) < 4.78 is 45.9. The Balaban J connectivity index is 0.000000623. The van der Waals surface area contributed by atoms with Crippen LogP contribution in [0.1, 0.15) is 23.3 Å². The van der Waals surface area contributed by atoms with E-state index in [1.165, 1.54) is 17.4 Å². The molecule has 2 aliphatic rings. The topological polar surface area (TPSA) is 156 Å². The van der Waals surface area contributed by atoms with Crippen LogP contribution in [-0.2, 0) is 24.4 Å². The first-order chi connectivity index (χ1) is 16.4. The van der Waals surface area contributed by atoms with E-state index in [4.69, 9.17) is 26.6 Å². The molecule has 0 saturated carbocycles. The number of halogens is 2. The highest BCUT2D eigenvalue weighted by atomic mass is 35.5. The van der Waals surface area contributed by atoms with E-state index in [1.54, 1.807) is 17.5 Å². The fourth-order valence-corrected chi connectivity index (χ4v) is 4.46. The van der Waals surface area contributed by atoms with Crippen LogP contribution in [0.2, 0.25) is 5.02 Å². The number of Topliss-reactive ketones (excluding diaryl/α,β-unsaturated/α-hetero) is 1. The maximum absolute atomic E-state index is 14.2. The van der Waals surface area contributed by atoms with Crippen molar-refractivity contribution in [1.29, 1.82) is 0 Å². The van der Waals surface area contributed by atoms with Crippen LogP contribution in [0, 0.1) is 5.82 Å². The number of ketones is 1. The zero-order valence-electron chi connectivity index (χ0n) is 18.3. The van der Waals surface area contributed by atoms with Crippen LogP contribution in [0.3, 0.4) is 0 Å². The monoisotopic (exact) mass is 545 g/mol. The lowest BCUT2D eigenvalue weighted by Gasteiger charge is -2.14. The first-order valence-electron chi connectivity index (χ1n) is 10.1. The van der Waals surface area contributed by atoms with E-state index < -0.39 is 27.9 Å². The van der Waals surface area contributed by atoms with Crippen LogP contribution >= 0.6 is 22.9 Å². The number of amides is 3. The number of nitrogens with one attached hydrogen (secondary N) is 1. The average Bonchev–Trinajstić information content (AvgIpc) is 3.49. The fraction of sp³-hybridized carbons (Fsp3) is 0.286. The largest absolute Gasteiger partial charge is 0.483 e. The van der Waals surface area contributed by atoms with Gasteiger partial charge in [-0.05, 0) is 43.0 Å². The number of carbonyl (C=O) groups excluding carboxylic acids is 3. The molecule has 0 spiro atoms. The molecule has 1 fully saturated rings. The van der Waals surface area contributed by atoms with Crippen molar-refractivity contribution in [2.75, 3.05) is 24.3 Å². The maximum atomic E-state index is 14.2. The van der Waals surface area contributed by atoms with Gasteiger partial charge in [-0.15, -0.1) is 11.3 Å². The molecule has 0 aliphatic carbocycles. The number of carbonyl (C=O) groups is 3. The van der Waals surface area contributed by atoms with E-state index in [-0.39, 0.29) is 46.0 Å². The zero-order valence-corrected chi connectivity index (χ0v) is 20.7. The highest BCUT2D eigenvalue weighted by Crippen LogP contribution is 2.43. The van der Waals surface area contributed by atoms with Gasteiger partial charge >= 0.3 is 6.03 Å². The smallest absolute Gasteiger partial charge is 0.326 e. The van der Waals surface area contributed by atoms with E-state index in [0.717, 1.165) is 19.0 Å². The number of benzene rings is 1. The Labute approximate surface area is 209 Å². The molecule has 2 aliphatic heterocycles. The summed E-state index contributed by atoms with van der Waals surface area (Å²) in [6, 6.07) is 4.35. The van der Waals surface area contributed by atoms with Crippen LogP contribution in [0.25, 0.3) is 11.3 Å². The van der Waals surface area contributed by atoms with Crippen molar-refractivity contribution < 1.29 is 36.5 Å². The highest BCUT2D eigenvalue weighted by Gasteiger charge is 2.40. The summed E-state index contributed by atoms with van der Waals surface area (Å²) in [7, 11) is -3.67. The molecule has 4 rings (SSSR count). The number of rotatable bonds is 5. The molecule has 3 amide bonds. The van der Waals surface area contributed by atoms with Crippen molar-refractivity contribution in [3.05, 3.63) is 50.9 Å². The summed E-state index contributed by atoms with van der Waals surface area (Å²) in [5, 5.41) is 4.62. The molecular formula is C21H21ClFN3O7S2. The van der Waals surface area contributed by atoms with Crippen molar-refractivity contribution in [3.63, 3.8) is 0 Å². The SMILES string of the molecule is CS(=O)(=O)O.NC(=O)N1C(=O)C(=C(OCC(=O)[C@@H]2CCCN2)c2cccs2)c2cc(F)c(Cl)cc21. The normalized spacial score (nSPS) is 18.6. The number of primary amides is 1. The standard InChI is InChI=1S/C20H17ClFN3O4S.CH4O3S/c21-11-8-14-10(7-12(11)22)17(19(27)25(14)20(23)28)18(16-4-2-6-30-16)29-9-15(26)13-3-1-5-24-13;1-5(2,3)4/h2,4,6-8,13,24H,1,3,5,9H2,(H2,23,28);1H3,(H,2,3,4)/t13-;/m0./s1. The molecule has 1 atom stereocenters. The molecule has 188 valence electrons. The van der Waals surface area contributed by atoms with Gasteiger partial charge in [0.05, 0.1) is 33.5 Å². The predicted octanol–water partition coefficient (Wildman–Crippen LogP) is 2.68. The molecule has 14 heteroatoms. The van der Waals surface area contributed by atoms with Crippen molar-refractivity contribution >= 4 is 67.8 Å². The summed E-state index contributed by atoms with van der Waals surface area (Å²) in [6.45, 7) is 0.485. The van der Waals surface area contributed by atoms with Crippen LogP contribution in [-0.4, -0.2) is 56.1 Å². The molecule has 3 heterocycles. The molecule has 2 aromatic rings. The third kappa shape index (κ3) is 6.44. The number of nitrogens with two attached hydrogens (primary N) is 1. The molecular weight excluding hydrogens is 525 g/mol. The summed E-state index contributed by atoms with van der Waals surface area (Å²) in [5.74, 6) is -1.59. The lowest BCUT2D eigenvalue weighted by atomic mass is 10.0. The third-order valence-electron chi connectivity index (χ3n) is 4.97. The number of anilines is 1. The minimum atomic E-state index is -3.67. The minimum absolute atomic E-state index is 0.0472. The van der Waals surface area contributed by atoms with E-state index in [0.29, 0.717) is 22.5 Å². The highest BCUT2D eigenvalue weighted by molar-refractivity contribution is 7.85. The van der Waals surface area contributed by atoms with Crippen LogP contribution < -0.4 is 16.0 Å². The first kappa shape index (κ1) is 26.8. The van der Waals surface area contributed by atoms with Gasteiger partial charge < -0.3 is 15.8 Å². The Kier molecular flexibility index (Phi) is 8.28. The number of fused-ring (bicyclic) bond motifs is 1. The van der Waals surface area contributed by atoms with E-state index >= 15 is 0 Å². The number of nitrogens with zero attached hydrogens (tertiary/aromatic N) is 1. The van der Waals surface area contributed by atoms with Gasteiger partial charge in [0, 0.05) is 5.56 Å². The first-order valence-corrected chi connectivity index (χ1v) is 13.2. The Hall–Kier alpha value is -2.84. The van der Waals surface area contributed by atoms with Gasteiger partial charge in [0.1, 0.15) is 12.4 Å². The number of imide groups is 1. The lowest BCUT2D eigenvalue weighted by molar-refractivity contribution is -0.123. The molecule has 10 nitrogen and oxygen atoms in total. The maximum Gasteiger partial charge on any atom is 0.326 e. The quantitative estimate of drug-likeness (QED) is 0.294. The third-order valence-corrected chi connectivity index (χ3v) is 6.12. The molecule has 35 heavy (non-hydrogen) atoms. The van der Waals surface area contributed by atoms with Gasteiger partial charge in [-0.2, -0.15) is 8.42 Å². The van der Waals surface area contributed by atoms with E-state index in [2.05, 4.69) is 5.32 Å². The molecule has 0 radical (unpaired) electrons. The Bertz CT molecular complexity index is 1280. The van der Waals surface area contributed by atoms with Gasteiger partial charge in [0.2, 0.25) is 0 Å². The lowest BCUT2D eigenvalue weighted by Crippen LogP contribution is -2.38. The Morgan fingerprint density at radius 2 is 2.09 bits per heavy atom. The van der Waals surface area contributed by atoms with Gasteiger partial charge in [-0.25, -0.2) is 14.1 Å². The number of thiophene rings is 1. The van der Waals surface area contributed by atoms with Crippen molar-refractivity contribution in [1.82, 2.24) is 5.32 Å². The average molecular weight is 546 g/mol. The molecule has 1 aromatic carbocycles. The number of ether oxygens (including phenoxy) is 1. The van der Waals surface area contributed by atoms with Gasteiger partial charge in [0.25, 0.3) is 16.0 Å². The van der Waals surface area contributed by atoms with E-state index in [9.17, 15) is 27.2 Å². The molecule has 1 saturated heterocycles. The van der Waals surface area contributed by atoms with Crippen LogP contribution in [0.15, 0.2) is 29.6 Å². The van der Waals surface area contributed by atoms with Crippen molar-refractivity contribution in [2.45, 2.75) is 18.9 Å². The van der Waals surface area contributed by atoms with Gasteiger partial charge in [-0.3, -0.25) is 14.1 Å². The number of hydrogen-bond donors (Lipinski definition) is 3. The fourth-order valence-electron chi connectivity index (χ4n) is 3.57. The van der Waals surface area contributed by atoms with Gasteiger partial charge in [-0.1, -0.05) is 17.7 Å². The van der Waals surface area contributed by atoms with Crippen molar-refractivity contribution in [3.8, 4) is 0 Å². The van der Waals surface area contributed by atoms with Crippen LogP contribution in [0.5, 0.6) is 0 Å². The second-order valence-corrected chi connectivity index (χ2v) is 10.4. The van der Waals surface area contributed by atoms with Crippen molar-refractivity contribution in [2.24, 2.45) is 5.73 Å². The number of hydrogen-bond acceptors (Lipinski definition) is 8. The summed E-state index contributed by atoms with van der Waals surface area (Å²) in [6.07, 6.45) is 2.33. The zero-order chi connectivity index (χ0) is 25.9. The Morgan fingerprint density at radius 3 is 2.63 bits per heavy atom. The Morgan fingerprint density at radius 1 is 1.40 bits per heavy atom. The molecule has 1 aromatic heterocycles. The molecule has 0 unspecified atom stereocenters.